The number of aromatic carboxylic acids is 1. The Morgan fingerprint density at radius 2 is 2.22 bits per heavy atom. The van der Waals surface area contributed by atoms with Crippen molar-refractivity contribution >= 4 is 17.5 Å². The fourth-order valence-electron chi connectivity index (χ4n) is 1.55. The molecule has 4 nitrogen and oxygen atoms in total. The van der Waals surface area contributed by atoms with Gasteiger partial charge < -0.3 is 15.0 Å². The first-order valence-corrected chi connectivity index (χ1v) is 5.90. The molecule has 0 aliphatic heterocycles. The maximum absolute atomic E-state index is 10.7. The van der Waals surface area contributed by atoms with Crippen molar-refractivity contribution in [1.29, 1.82) is 0 Å². The molecule has 88 valence electrons. The molecule has 0 unspecified atom stereocenters. The average molecular weight is 287 g/mol. The molecular formula is C12H10KNO3S. The Bertz CT molecular complexity index is 568. The van der Waals surface area contributed by atoms with Crippen molar-refractivity contribution in [2.45, 2.75) is 13.3 Å². The molecule has 0 spiro atoms. The molecule has 0 aliphatic carbocycles. The predicted molar refractivity (Wildman–Crippen MR) is 62.9 cm³/mol. The van der Waals surface area contributed by atoms with Crippen LogP contribution in [-0.4, -0.2) is 15.4 Å². The number of carboxylic acids is 1. The molecule has 1 heterocycles. The summed E-state index contributed by atoms with van der Waals surface area (Å²) in [5.41, 5.74) is 2.11. The number of aromatic nitrogens is 1. The van der Waals surface area contributed by atoms with E-state index in [9.17, 15) is 15.0 Å². The van der Waals surface area contributed by atoms with E-state index in [1.807, 2.05) is 25.1 Å². The fourth-order valence-corrected chi connectivity index (χ4v) is 2.18. The number of nitrogens with zero attached hydrogens (tertiary/aromatic N) is 1. The second-order valence-electron chi connectivity index (χ2n) is 3.55. The molecule has 18 heavy (non-hydrogen) atoms. The van der Waals surface area contributed by atoms with Gasteiger partial charge in [0.25, 0.3) is 0 Å². The first-order valence-electron chi connectivity index (χ1n) is 5.12. The number of carboxylic acid groups (broad SMARTS) is 1. The van der Waals surface area contributed by atoms with Gasteiger partial charge in [-0.05, 0) is 29.6 Å². The number of carbonyl (C=O) groups excluding carboxylic acids is 1. The smallest absolute Gasteiger partial charge is 0.544 e. The molecule has 1 aromatic carbocycles. The van der Waals surface area contributed by atoms with E-state index in [-0.39, 0.29) is 62.0 Å². The van der Waals surface area contributed by atoms with Gasteiger partial charge in [-0.25, -0.2) is 0 Å². The SMILES string of the molecule is CCc1cccc(-c2nsc(C(=O)[O-])c2O)c1.[K+]. The average Bonchev–Trinajstić information content (AvgIpc) is 2.71. The molecule has 0 saturated carbocycles. The third-order valence-electron chi connectivity index (χ3n) is 2.46. The zero-order valence-corrected chi connectivity index (χ0v) is 14.1. The van der Waals surface area contributed by atoms with Crippen LogP contribution in [0.3, 0.4) is 0 Å². The van der Waals surface area contributed by atoms with Gasteiger partial charge in [-0.3, -0.25) is 0 Å². The van der Waals surface area contributed by atoms with Gasteiger partial charge in [0.15, 0.2) is 5.75 Å². The monoisotopic (exact) mass is 287 g/mol. The summed E-state index contributed by atoms with van der Waals surface area (Å²) in [5, 5.41) is 20.4. The van der Waals surface area contributed by atoms with E-state index < -0.39 is 5.97 Å². The normalized spacial score (nSPS) is 9.83. The molecule has 2 aromatic rings. The van der Waals surface area contributed by atoms with Crippen molar-refractivity contribution in [2.24, 2.45) is 0 Å². The van der Waals surface area contributed by atoms with Gasteiger partial charge in [0.1, 0.15) is 10.6 Å². The van der Waals surface area contributed by atoms with E-state index in [4.69, 9.17) is 0 Å². The van der Waals surface area contributed by atoms with Crippen molar-refractivity contribution in [3.05, 3.63) is 34.7 Å². The number of benzene rings is 1. The largest absolute Gasteiger partial charge is 1.00 e. The molecule has 2 rings (SSSR count). The van der Waals surface area contributed by atoms with Crippen LogP contribution in [0.2, 0.25) is 0 Å². The maximum Gasteiger partial charge on any atom is 1.00 e. The van der Waals surface area contributed by atoms with E-state index in [0.29, 0.717) is 11.3 Å². The van der Waals surface area contributed by atoms with Crippen LogP contribution in [0.4, 0.5) is 0 Å². The standard InChI is InChI=1S/C12H11NO3S.K/c1-2-7-4-3-5-8(6-7)9-10(14)11(12(15)16)17-13-9;/h3-6,14H,2H2,1H3,(H,15,16);/q;+1/p-1. The van der Waals surface area contributed by atoms with Crippen LogP contribution in [0, 0.1) is 0 Å². The minimum absolute atomic E-state index is 0. The predicted octanol–water partition coefficient (Wildman–Crippen LogP) is -1.55. The Morgan fingerprint density at radius 1 is 1.50 bits per heavy atom. The van der Waals surface area contributed by atoms with Crippen LogP contribution in [0.1, 0.15) is 22.2 Å². The zero-order chi connectivity index (χ0) is 12.4. The van der Waals surface area contributed by atoms with Gasteiger partial charge in [0.05, 0.1) is 5.97 Å². The quantitative estimate of drug-likeness (QED) is 0.693. The Kier molecular flexibility index (Phi) is 5.96. The molecule has 0 fully saturated rings. The van der Waals surface area contributed by atoms with Crippen LogP contribution in [0.15, 0.2) is 24.3 Å². The molecule has 0 radical (unpaired) electrons. The van der Waals surface area contributed by atoms with Crippen LogP contribution >= 0.6 is 11.5 Å². The van der Waals surface area contributed by atoms with Gasteiger partial charge in [0.2, 0.25) is 0 Å². The number of hydrogen-bond acceptors (Lipinski definition) is 5. The van der Waals surface area contributed by atoms with E-state index in [2.05, 4.69) is 4.37 Å². The minimum atomic E-state index is -1.40. The first-order chi connectivity index (χ1) is 8.13. The molecule has 1 N–H and O–H groups in total. The van der Waals surface area contributed by atoms with Crippen LogP contribution < -0.4 is 56.5 Å². The van der Waals surface area contributed by atoms with Gasteiger partial charge in [0, 0.05) is 5.56 Å². The van der Waals surface area contributed by atoms with Crippen molar-refractivity contribution in [2.75, 3.05) is 0 Å². The summed E-state index contributed by atoms with van der Waals surface area (Å²) >= 11 is 0.731. The molecule has 6 heteroatoms. The van der Waals surface area contributed by atoms with Crippen LogP contribution in [0.5, 0.6) is 5.75 Å². The van der Waals surface area contributed by atoms with Gasteiger partial charge in [-0.15, -0.1) is 0 Å². The van der Waals surface area contributed by atoms with Crippen molar-refractivity contribution in [3.63, 3.8) is 0 Å². The van der Waals surface area contributed by atoms with Crippen LogP contribution in [-0.2, 0) is 6.42 Å². The van der Waals surface area contributed by atoms with E-state index in [1.54, 1.807) is 6.07 Å². The second-order valence-corrected chi connectivity index (χ2v) is 4.32. The molecule has 0 bridgehead atoms. The van der Waals surface area contributed by atoms with Gasteiger partial charge in [-0.2, -0.15) is 4.37 Å². The minimum Gasteiger partial charge on any atom is -0.544 e. The topological polar surface area (TPSA) is 73.2 Å². The molecule has 1 aromatic heterocycles. The Morgan fingerprint density at radius 3 is 2.78 bits per heavy atom. The molecule has 0 atom stereocenters. The van der Waals surface area contributed by atoms with E-state index in [1.165, 1.54) is 0 Å². The third-order valence-corrected chi connectivity index (χ3v) is 3.28. The number of aryl methyl sites for hydroxylation is 1. The molecular weight excluding hydrogens is 277 g/mol. The number of hydrogen-bond donors (Lipinski definition) is 1. The van der Waals surface area contributed by atoms with Gasteiger partial charge >= 0.3 is 51.4 Å². The van der Waals surface area contributed by atoms with Crippen molar-refractivity contribution in [1.82, 2.24) is 4.37 Å². The van der Waals surface area contributed by atoms with Crippen molar-refractivity contribution in [3.8, 4) is 17.0 Å². The van der Waals surface area contributed by atoms with Gasteiger partial charge in [-0.1, -0.05) is 25.1 Å². The Labute approximate surface area is 151 Å². The van der Waals surface area contributed by atoms with Crippen molar-refractivity contribution < 1.29 is 66.4 Å². The number of carbonyl (C=O) groups is 1. The summed E-state index contributed by atoms with van der Waals surface area (Å²) in [5.74, 6) is -1.72. The summed E-state index contributed by atoms with van der Waals surface area (Å²) in [6.07, 6.45) is 0.867. The summed E-state index contributed by atoms with van der Waals surface area (Å²) in [6, 6.07) is 7.49. The summed E-state index contributed by atoms with van der Waals surface area (Å²) in [7, 11) is 0. The second kappa shape index (κ2) is 6.79. The maximum atomic E-state index is 10.7. The summed E-state index contributed by atoms with van der Waals surface area (Å²) in [6.45, 7) is 2.02. The first kappa shape index (κ1) is 15.8. The zero-order valence-electron chi connectivity index (χ0n) is 10.1. The third kappa shape index (κ3) is 3.20. The Balaban J connectivity index is 0.00000162. The van der Waals surface area contributed by atoms with E-state index in [0.717, 1.165) is 23.5 Å². The number of rotatable bonds is 3. The van der Waals surface area contributed by atoms with E-state index >= 15 is 0 Å². The molecule has 0 amide bonds. The molecule has 0 saturated heterocycles. The summed E-state index contributed by atoms with van der Waals surface area (Å²) in [4.78, 5) is 10.5. The van der Waals surface area contributed by atoms with Crippen LogP contribution in [0.25, 0.3) is 11.3 Å². The Hall–Kier alpha value is -0.244. The summed E-state index contributed by atoms with van der Waals surface area (Å²) < 4.78 is 3.95. The fraction of sp³-hybridized carbons (Fsp3) is 0.167. The number of aromatic hydroxyl groups is 1. The molecule has 0 aliphatic rings.